The molecule has 0 aromatic heterocycles. The third-order valence-electron chi connectivity index (χ3n) is 3.43. The van der Waals surface area contributed by atoms with E-state index < -0.39 is 12.0 Å². The Morgan fingerprint density at radius 3 is 2.95 bits per heavy atom. The second-order valence-electron chi connectivity index (χ2n) is 4.81. The lowest BCUT2D eigenvalue weighted by molar-refractivity contribution is -0.144. The van der Waals surface area contributed by atoms with Crippen molar-refractivity contribution in [3.05, 3.63) is 28.2 Å². The van der Waals surface area contributed by atoms with E-state index >= 15 is 0 Å². The number of aliphatic carboxylic acids is 1. The van der Waals surface area contributed by atoms with Crippen molar-refractivity contribution in [2.45, 2.75) is 25.3 Å². The van der Waals surface area contributed by atoms with Crippen LogP contribution in [0.1, 0.15) is 19.3 Å². The fourth-order valence-electron chi connectivity index (χ4n) is 2.40. The normalized spacial score (nSPS) is 19.8. The molecule has 1 aliphatic rings. The van der Waals surface area contributed by atoms with Gasteiger partial charge in [-0.3, -0.25) is 9.69 Å². The molecule has 1 aromatic carbocycles. The molecule has 1 saturated heterocycles. The molecule has 1 heterocycles. The van der Waals surface area contributed by atoms with Crippen LogP contribution < -0.4 is 4.74 Å². The van der Waals surface area contributed by atoms with Gasteiger partial charge in [0.25, 0.3) is 0 Å². The summed E-state index contributed by atoms with van der Waals surface area (Å²) in [7, 11) is 0. The van der Waals surface area contributed by atoms with E-state index in [2.05, 4.69) is 0 Å². The summed E-state index contributed by atoms with van der Waals surface area (Å²) in [6.07, 6.45) is 2.70. The summed E-state index contributed by atoms with van der Waals surface area (Å²) in [5.41, 5.74) is 0. The summed E-state index contributed by atoms with van der Waals surface area (Å²) in [5.74, 6) is -0.228. The SMILES string of the molecule is O=C(O)C1CCCCN1CCOc1cc(Cl)ccc1Cl. The van der Waals surface area contributed by atoms with Gasteiger partial charge >= 0.3 is 5.97 Å². The van der Waals surface area contributed by atoms with Gasteiger partial charge in [0.1, 0.15) is 18.4 Å². The van der Waals surface area contributed by atoms with Crippen LogP contribution in [0.5, 0.6) is 5.75 Å². The van der Waals surface area contributed by atoms with Crippen molar-refractivity contribution in [3.63, 3.8) is 0 Å². The van der Waals surface area contributed by atoms with Gasteiger partial charge in [-0.1, -0.05) is 29.6 Å². The van der Waals surface area contributed by atoms with Crippen LogP contribution in [0.15, 0.2) is 18.2 Å². The van der Waals surface area contributed by atoms with Gasteiger partial charge in [-0.15, -0.1) is 0 Å². The van der Waals surface area contributed by atoms with Crippen molar-refractivity contribution in [2.24, 2.45) is 0 Å². The Balaban J connectivity index is 1.88. The predicted molar refractivity (Wildman–Crippen MR) is 78.8 cm³/mol. The van der Waals surface area contributed by atoms with Crippen LogP contribution in [0, 0.1) is 0 Å². The maximum atomic E-state index is 11.2. The molecule has 1 aromatic rings. The molecule has 6 heteroatoms. The third-order valence-corrected chi connectivity index (χ3v) is 3.98. The third kappa shape index (κ3) is 4.01. The number of benzene rings is 1. The maximum Gasteiger partial charge on any atom is 0.320 e. The van der Waals surface area contributed by atoms with Crippen molar-refractivity contribution < 1.29 is 14.6 Å². The van der Waals surface area contributed by atoms with Crippen molar-refractivity contribution in [3.8, 4) is 5.75 Å². The van der Waals surface area contributed by atoms with Crippen LogP contribution in [0.25, 0.3) is 0 Å². The van der Waals surface area contributed by atoms with Crippen LogP contribution in [-0.2, 0) is 4.79 Å². The van der Waals surface area contributed by atoms with E-state index in [1.165, 1.54) is 0 Å². The summed E-state index contributed by atoms with van der Waals surface area (Å²) in [4.78, 5) is 13.1. The van der Waals surface area contributed by atoms with E-state index in [9.17, 15) is 9.90 Å². The molecule has 1 unspecified atom stereocenters. The second-order valence-corrected chi connectivity index (χ2v) is 5.65. The monoisotopic (exact) mass is 317 g/mol. The first kappa shape index (κ1) is 15.4. The second kappa shape index (κ2) is 7.16. The fourth-order valence-corrected chi connectivity index (χ4v) is 2.73. The Labute approximate surface area is 128 Å². The van der Waals surface area contributed by atoms with Crippen LogP contribution in [0.3, 0.4) is 0 Å². The molecule has 1 atom stereocenters. The van der Waals surface area contributed by atoms with Crippen molar-refractivity contribution in [1.29, 1.82) is 0 Å². The topological polar surface area (TPSA) is 49.8 Å². The molecule has 110 valence electrons. The van der Waals surface area contributed by atoms with Gasteiger partial charge in [0, 0.05) is 17.6 Å². The molecule has 20 heavy (non-hydrogen) atoms. The number of halogens is 2. The van der Waals surface area contributed by atoms with E-state index in [4.69, 9.17) is 27.9 Å². The number of hydrogen-bond acceptors (Lipinski definition) is 3. The molecule has 0 spiro atoms. The number of carbonyl (C=O) groups is 1. The Morgan fingerprint density at radius 2 is 2.20 bits per heavy atom. The van der Waals surface area contributed by atoms with Gasteiger partial charge in [-0.25, -0.2) is 0 Å². The molecule has 1 fully saturated rings. The quantitative estimate of drug-likeness (QED) is 0.905. The first-order valence-electron chi connectivity index (χ1n) is 6.62. The summed E-state index contributed by atoms with van der Waals surface area (Å²) in [5, 5.41) is 10.2. The number of carboxylic acid groups (broad SMARTS) is 1. The first-order chi connectivity index (χ1) is 9.58. The number of piperidine rings is 1. The highest BCUT2D eigenvalue weighted by Crippen LogP contribution is 2.27. The molecular formula is C14H17Cl2NO3. The van der Waals surface area contributed by atoms with E-state index in [1.807, 2.05) is 4.90 Å². The highest BCUT2D eigenvalue weighted by atomic mass is 35.5. The minimum absolute atomic E-state index is 0.393. The maximum absolute atomic E-state index is 11.2. The van der Waals surface area contributed by atoms with E-state index in [1.54, 1.807) is 18.2 Å². The Kier molecular flexibility index (Phi) is 5.52. The molecule has 0 radical (unpaired) electrons. The molecule has 1 aliphatic heterocycles. The number of likely N-dealkylation sites (tertiary alicyclic amines) is 1. The lowest BCUT2D eigenvalue weighted by Crippen LogP contribution is -2.46. The standard InChI is InChI=1S/C14H17Cl2NO3/c15-10-4-5-11(16)13(9-10)20-8-7-17-6-2-1-3-12(17)14(18)19/h4-5,9,12H,1-3,6-8H2,(H,18,19). The van der Waals surface area contributed by atoms with Crippen LogP contribution in [0.4, 0.5) is 0 Å². The smallest absolute Gasteiger partial charge is 0.320 e. The average Bonchev–Trinajstić information content (AvgIpc) is 2.43. The highest BCUT2D eigenvalue weighted by molar-refractivity contribution is 6.34. The van der Waals surface area contributed by atoms with Gasteiger partial charge in [0.05, 0.1) is 5.02 Å². The number of ether oxygens (including phenoxy) is 1. The molecule has 4 nitrogen and oxygen atoms in total. The van der Waals surface area contributed by atoms with Gasteiger partial charge in [0.2, 0.25) is 0 Å². The van der Waals surface area contributed by atoms with Crippen molar-refractivity contribution >= 4 is 29.2 Å². The summed E-state index contributed by atoms with van der Waals surface area (Å²) in [6.45, 7) is 1.76. The number of hydrogen-bond donors (Lipinski definition) is 1. The van der Waals surface area contributed by atoms with Crippen LogP contribution >= 0.6 is 23.2 Å². The van der Waals surface area contributed by atoms with E-state index in [0.29, 0.717) is 35.4 Å². The number of rotatable bonds is 5. The molecule has 0 saturated carbocycles. The minimum Gasteiger partial charge on any atom is -0.491 e. The molecule has 0 amide bonds. The molecule has 2 rings (SSSR count). The highest BCUT2D eigenvalue weighted by Gasteiger charge is 2.27. The molecular weight excluding hydrogens is 301 g/mol. The van der Waals surface area contributed by atoms with Crippen molar-refractivity contribution in [1.82, 2.24) is 4.90 Å². The predicted octanol–water partition coefficient (Wildman–Crippen LogP) is 3.31. The zero-order valence-corrected chi connectivity index (χ0v) is 12.5. The minimum atomic E-state index is -0.759. The Hall–Kier alpha value is -0.970. The van der Waals surface area contributed by atoms with Gasteiger partial charge < -0.3 is 9.84 Å². The van der Waals surface area contributed by atoms with Crippen LogP contribution in [0.2, 0.25) is 10.0 Å². The summed E-state index contributed by atoms with van der Waals surface area (Å²) < 4.78 is 5.60. The molecule has 0 aliphatic carbocycles. The number of nitrogens with zero attached hydrogens (tertiary/aromatic N) is 1. The lowest BCUT2D eigenvalue weighted by Gasteiger charge is -2.32. The largest absolute Gasteiger partial charge is 0.491 e. The van der Waals surface area contributed by atoms with E-state index in [-0.39, 0.29) is 0 Å². The zero-order valence-electron chi connectivity index (χ0n) is 11.0. The number of carboxylic acids is 1. The van der Waals surface area contributed by atoms with Crippen LogP contribution in [-0.4, -0.2) is 41.7 Å². The van der Waals surface area contributed by atoms with E-state index in [0.717, 1.165) is 19.4 Å². The molecule has 0 bridgehead atoms. The Bertz CT molecular complexity index is 481. The zero-order chi connectivity index (χ0) is 14.5. The van der Waals surface area contributed by atoms with Gasteiger partial charge in [0.15, 0.2) is 0 Å². The fraction of sp³-hybridized carbons (Fsp3) is 0.500. The average molecular weight is 318 g/mol. The first-order valence-corrected chi connectivity index (χ1v) is 7.38. The van der Waals surface area contributed by atoms with Gasteiger partial charge in [-0.05, 0) is 31.5 Å². The summed E-state index contributed by atoms with van der Waals surface area (Å²) >= 11 is 11.9. The lowest BCUT2D eigenvalue weighted by atomic mass is 10.0. The summed E-state index contributed by atoms with van der Waals surface area (Å²) in [6, 6.07) is 4.64. The van der Waals surface area contributed by atoms with Crippen molar-refractivity contribution in [2.75, 3.05) is 19.7 Å². The van der Waals surface area contributed by atoms with Gasteiger partial charge in [-0.2, -0.15) is 0 Å². The Morgan fingerprint density at radius 1 is 1.40 bits per heavy atom. The molecule has 1 N–H and O–H groups in total.